The fraction of sp³-hybridized carbons (Fsp3) is 0.474. The predicted molar refractivity (Wildman–Crippen MR) is 97.2 cm³/mol. The van der Waals surface area contributed by atoms with Gasteiger partial charge >= 0.3 is 0 Å². The Morgan fingerprint density at radius 1 is 1.31 bits per heavy atom. The fourth-order valence-electron chi connectivity index (χ4n) is 2.99. The van der Waals surface area contributed by atoms with Crippen LogP contribution in [0, 0.1) is 13.8 Å². The number of aromatic nitrogens is 1. The first-order valence-corrected chi connectivity index (χ1v) is 8.87. The minimum Gasteiger partial charge on any atom is -0.467 e. The molecule has 1 amide bonds. The van der Waals surface area contributed by atoms with Crippen LogP contribution in [0.1, 0.15) is 27.4 Å². The van der Waals surface area contributed by atoms with Crippen molar-refractivity contribution in [3.63, 3.8) is 0 Å². The number of pyridine rings is 1. The van der Waals surface area contributed by atoms with Crippen molar-refractivity contribution in [1.29, 1.82) is 0 Å². The van der Waals surface area contributed by atoms with Crippen LogP contribution in [-0.2, 0) is 11.3 Å². The van der Waals surface area contributed by atoms with Crippen molar-refractivity contribution in [2.24, 2.45) is 0 Å². The number of nitrogens with one attached hydrogen (secondary N) is 1. The molecule has 0 aromatic carbocycles. The predicted octanol–water partition coefficient (Wildman–Crippen LogP) is 1.56. The summed E-state index contributed by atoms with van der Waals surface area (Å²) in [5.74, 6) is 0.416. The van der Waals surface area contributed by atoms with Crippen LogP contribution in [0.4, 0.5) is 0 Å². The van der Waals surface area contributed by atoms with Crippen LogP contribution in [0.3, 0.4) is 0 Å². The Hall–Kier alpha value is -2.38. The maximum absolute atomic E-state index is 13.0. The highest BCUT2D eigenvalue weighted by Crippen LogP contribution is 2.11. The number of amides is 1. The second kappa shape index (κ2) is 8.33. The van der Waals surface area contributed by atoms with E-state index < -0.39 is 0 Å². The first-order valence-electron chi connectivity index (χ1n) is 8.87. The van der Waals surface area contributed by atoms with Gasteiger partial charge in [0.15, 0.2) is 0 Å². The molecule has 1 N–H and O–H groups in total. The first-order chi connectivity index (χ1) is 12.5. The SMILES string of the molecule is Cc1cc(C(=O)N(CCN2CCOCC2)Cc2ccco2)c(=O)[nH]c1C. The third-order valence-corrected chi connectivity index (χ3v) is 4.73. The molecule has 0 unspecified atom stereocenters. The number of hydrogen-bond acceptors (Lipinski definition) is 5. The van der Waals surface area contributed by atoms with Gasteiger partial charge in [0.05, 0.1) is 26.0 Å². The molecule has 0 saturated carbocycles. The molecule has 2 aromatic rings. The molecule has 0 aliphatic carbocycles. The summed E-state index contributed by atoms with van der Waals surface area (Å²) in [5, 5.41) is 0. The second-order valence-electron chi connectivity index (χ2n) is 6.58. The van der Waals surface area contributed by atoms with Crippen molar-refractivity contribution in [1.82, 2.24) is 14.8 Å². The maximum Gasteiger partial charge on any atom is 0.261 e. The lowest BCUT2D eigenvalue weighted by molar-refractivity contribution is 0.0316. The zero-order valence-electron chi connectivity index (χ0n) is 15.3. The largest absolute Gasteiger partial charge is 0.467 e. The van der Waals surface area contributed by atoms with Crippen LogP contribution in [0.5, 0.6) is 0 Å². The lowest BCUT2D eigenvalue weighted by Gasteiger charge is -2.29. The number of furan rings is 1. The maximum atomic E-state index is 13.0. The van der Waals surface area contributed by atoms with Gasteiger partial charge in [-0.3, -0.25) is 14.5 Å². The number of nitrogens with zero attached hydrogens (tertiary/aromatic N) is 2. The van der Waals surface area contributed by atoms with Gasteiger partial charge in [-0.15, -0.1) is 0 Å². The normalized spacial score (nSPS) is 15.2. The third-order valence-electron chi connectivity index (χ3n) is 4.73. The molecule has 2 aromatic heterocycles. The van der Waals surface area contributed by atoms with Crippen molar-refractivity contribution in [2.75, 3.05) is 39.4 Å². The molecule has 0 atom stereocenters. The molecule has 7 heteroatoms. The van der Waals surface area contributed by atoms with E-state index in [0.717, 1.165) is 30.9 Å². The van der Waals surface area contributed by atoms with E-state index >= 15 is 0 Å². The van der Waals surface area contributed by atoms with Crippen molar-refractivity contribution in [2.45, 2.75) is 20.4 Å². The van der Waals surface area contributed by atoms with Crippen LogP contribution in [0.25, 0.3) is 0 Å². The van der Waals surface area contributed by atoms with Gasteiger partial charge in [-0.1, -0.05) is 0 Å². The van der Waals surface area contributed by atoms with Gasteiger partial charge in [0.2, 0.25) is 0 Å². The second-order valence-corrected chi connectivity index (χ2v) is 6.58. The Kier molecular flexibility index (Phi) is 5.90. The number of carbonyl (C=O) groups is 1. The average molecular weight is 359 g/mol. The molecule has 0 spiro atoms. The summed E-state index contributed by atoms with van der Waals surface area (Å²) in [5.41, 5.74) is 1.48. The van der Waals surface area contributed by atoms with E-state index in [2.05, 4.69) is 9.88 Å². The van der Waals surface area contributed by atoms with Crippen molar-refractivity contribution < 1.29 is 13.9 Å². The summed E-state index contributed by atoms with van der Waals surface area (Å²) in [6.45, 7) is 8.43. The van der Waals surface area contributed by atoms with Gasteiger partial charge in [-0.2, -0.15) is 0 Å². The van der Waals surface area contributed by atoms with Gasteiger partial charge in [-0.25, -0.2) is 0 Å². The summed E-state index contributed by atoms with van der Waals surface area (Å²) >= 11 is 0. The smallest absolute Gasteiger partial charge is 0.261 e. The molecule has 7 nitrogen and oxygen atoms in total. The molecule has 0 radical (unpaired) electrons. The van der Waals surface area contributed by atoms with Crippen LogP contribution >= 0.6 is 0 Å². The topological polar surface area (TPSA) is 78.8 Å². The minimum atomic E-state index is -0.353. The summed E-state index contributed by atoms with van der Waals surface area (Å²) in [7, 11) is 0. The zero-order chi connectivity index (χ0) is 18.5. The third kappa shape index (κ3) is 4.42. The van der Waals surface area contributed by atoms with E-state index in [4.69, 9.17) is 9.15 Å². The lowest BCUT2D eigenvalue weighted by atomic mass is 10.1. The number of rotatable bonds is 6. The van der Waals surface area contributed by atoms with Gasteiger partial charge in [0.25, 0.3) is 11.5 Å². The van der Waals surface area contributed by atoms with E-state index in [1.54, 1.807) is 23.3 Å². The molecule has 26 heavy (non-hydrogen) atoms. The lowest BCUT2D eigenvalue weighted by Crippen LogP contribution is -2.43. The average Bonchev–Trinajstić information content (AvgIpc) is 3.15. The fourth-order valence-corrected chi connectivity index (χ4v) is 2.99. The molecule has 1 saturated heterocycles. The highest BCUT2D eigenvalue weighted by molar-refractivity contribution is 5.94. The number of H-pyrrole nitrogens is 1. The van der Waals surface area contributed by atoms with Crippen LogP contribution in [0.15, 0.2) is 33.7 Å². The van der Waals surface area contributed by atoms with Crippen LogP contribution in [0.2, 0.25) is 0 Å². The Morgan fingerprint density at radius 2 is 2.08 bits per heavy atom. The Labute approximate surface area is 152 Å². The molecular weight excluding hydrogens is 334 g/mol. The summed E-state index contributed by atoms with van der Waals surface area (Å²) < 4.78 is 10.8. The first kappa shape index (κ1) is 18.4. The van der Waals surface area contributed by atoms with Gasteiger partial charge in [-0.05, 0) is 37.6 Å². The molecular formula is C19H25N3O4. The van der Waals surface area contributed by atoms with Gasteiger partial charge in [0.1, 0.15) is 11.3 Å². The summed E-state index contributed by atoms with van der Waals surface area (Å²) in [4.78, 5) is 32.0. The van der Waals surface area contributed by atoms with Crippen LogP contribution < -0.4 is 5.56 Å². The number of aromatic amines is 1. The Morgan fingerprint density at radius 3 is 2.77 bits per heavy atom. The van der Waals surface area contributed by atoms with E-state index in [9.17, 15) is 9.59 Å². The van der Waals surface area contributed by atoms with Crippen molar-refractivity contribution in [3.05, 3.63) is 57.4 Å². The Bertz CT molecular complexity index is 792. The van der Waals surface area contributed by atoms with E-state index in [1.165, 1.54) is 0 Å². The number of morpholine rings is 1. The minimum absolute atomic E-state index is 0.168. The quantitative estimate of drug-likeness (QED) is 0.847. The standard InChI is InChI=1S/C19H25N3O4/c1-14-12-17(18(23)20-15(14)2)19(24)22(13-16-4-3-9-26-16)6-5-21-7-10-25-11-8-21/h3-4,9,12H,5-8,10-11,13H2,1-2H3,(H,20,23). The van der Waals surface area contributed by atoms with Gasteiger partial charge in [0, 0.05) is 31.9 Å². The molecule has 0 bridgehead atoms. The molecule has 1 aliphatic heterocycles. The number of aryl methyl sites for hydroxylation is 2. The molecule has 140 valence electrons. The molecule has 1 fully saturated rings. The molecule has 1 aliphatic rings. The van der Waals surface area contributed by atoms with E-state index in [0.29, 0.717) is 32.1 Å². The number of carbonyl (C=O) groups excluding carboxylic acids is 1. The van der Waals surface area contributed by atoms with Crippen molar-refractivity contribution in [3.8, 4) is 0 Å². The van der Waals surface area contributed by atoms with Crippen molar-refractivity contribution >= 4 is 5.91 Å². The highest BCUT2D eigenvalue weighted by Gasteiger charge is 2.22. The zero-order valence-corrected chi connectivity index (χ0v) is 15.3. The summed E-state index contributed by atoms with van der Waals surface area (Å²) in [6.07, 6.45) is 1.59. The molecule has 3 rings (SSSR count). The monoisotopic (exact) mass is 359 g/mol. The van der Waals surface area contributed by atoms with E-state index in [-0.39, 0.29) is 17.0 Å². The summed E-state index contributed by atoms with van der Waals surface area (Å²) in [6, 6.07) is 5.29. The molecule has 3 heterocycles. The number of hydrogen-bond donors (Lipinski definition) is 1. The van der Waals surface area contributed by atoms with E-state index in [1.807, 2.05) is 19.9 Å². The number of ether oxygens (including phenoxy) is 1. The highest BCUT2D eigenvalue weighted by atomic mass is 16.5. The Balaban J connectivity index is 1.78. The van der Waals surface area contributed by atoms with Crippen LogP contribution in [-0.4, -0.2) is 60.1 Å². The van der Waals surface area contributed by atoms with Gasteiger partial charge < -0.3 is 19.0 Å².